The van der Waals surface area contributed by atoms with Crippen LogP contribution in [0.4, 0.5) is 0 Å². The molecule has 1 aromatic heterocycles. The number of rotatable bonds is 3. The third-order valence-electron chi connectivity index (χ3n) is 2.77. The SMILES string of the molecule is CCC(N)Cc1cc(C#Cc2ccccc2)cs1. The van der Waals surface area contributed by atoms with Gasteiger partial charge in [0.1, 0.15) is 0 Å². The van der Waals surface area contributed by atoms with Crippen molar-refractivity contribution in [3.63, 3.8) is 0 Å². The average molecular weight is 255 g/mol. The van der Waals surface area contributed by atoms with Gasteiger partial charge in [-0.05, 0) is 31.0 Å². The highest BCUT2D eigenvalue weighted by Gasteiger charge is 2.03. The van der Waals surface area contributed by atoms with E-state index in [-0.39, 0.29) is 6.04 Å². The summed E-state index contributed by atoms with van der Waals surface area (Å²) in [5, 5.41) is 2.10. The lowest BCUT2D eigenvalue weighted by atomic mass is 10.1. The predicted molar refractivity (Wildman–Crippen MR) is 78.7 cm³/mol. The van der Waals surface area contributed by atoms with E-state index in [2.05, 4.69) is 30.2 Å². The highest BCUT2D eigenvalue weighted by Crippen LogP contribution is 2.16. The Labute approximate surface area is 113 Å². The molecule has 1 aromatic carbocycles. The van der Waals surface area contributed by atoms with E-state index in [0.29, 0.717) is 0 Å². The summed E-state index contributed by atoms with van der Waals surface area (Å²) in [5.74, 6) is 6.36. The molecule has 0 spiro atoms. The van der Waals surface area contributed by atoms with Gasteiger partial charge in [-0.1, -0.05) is 37.0 Å². The average Bonchev–Trinajstić information content (AvgIpc) is 2.85. The molecular formula is C16H17NS. The third kappa shape index (κ3) is 3.73. The van der Waals surface area contributed by atoms with Crippen LogP contribution in [-0.2, 0) is 6.42 Å². The molecular weight excluding hydrogens is 238 g/mol. The van der Waals surface area contributed by atoms with Crippen LogP contribution < -0.4 is 5.73 Å². The molecule has 2 aromatic rings. The summed E-state index contributed by atoms with van der Waals surface area (Å²) < 4.78 is 0. The zero-order chi connectivity index (χ0) is 12.8. The predicted octanol–water partition coefficient (Wildman–Crippen LogP) is 3.43. The lowest BCUT2D eigenvalue weighted by Crippen LogP contribution is -2.20. The van der Waals surface area contributed by atoms with E-state index in [4.69, 9.17) is 5.73 Å². The number of benzene rings is 1. The van der Waals surface area contributed by atoms with Crippen LogP contribution in [0.3, 0.4) is 0 Å². The van der Waals surface area contributed by atoms with Gasteiger partial charge >= 0.3 is 0 Å². The third-order valence-corrected chi connectivity index (χ3v) is 3.73. The van der Waals surface area contributed by atoms with Gasteiger partial charge in [-0.15, -0.1) is 11.3 Å². The van der Waals surface area contributed by atoms with Crippen molar-refractivity contribution in [2.75, 3.05) is 0 Å². The van der Waals surface area contributed by atoms with Crippen molar-refractivity contribution in [1.29, 1.82) is 0 Å². The van der Waals surface area contributed by atoms with Gasteiger partial charge in [0.15, 0.2) is 0 Å². The number of hydrogen-bond donors (Lipinski definition) is 1. The first-order valence-corrected chi connectivity index (χ1v) is 7.06. The zero-order valence-corrected chi connectivity index (χ0v) is 11.3. The quantitative estimate of drug-likeness (QED) is 0.836. The second-order valence-corrected chi connectivity index (χ2v) is 5.29. The summed E-state index contributed by atoms with van der Waals surface area (Å²) in [6.07, 6.45) is 1.97. The summed E-state index contributed by atoms with van der Waals surface area (Å²) in [5.41, 5.74) is 8.09. The van der Waals surface area contributed by atoms with Crippen LogP contribution in [0.25, 0.3) is 0 Å². The molecule has 2 heteroatoms. The summed E-state index contributed by atoms with van der Waals surface area (Å²) in [7, 11) is 0. The van der Waals surface area contributed by atoms with Gasteiger partial charge in [0.2, 0.25) is 0 Å². The number of hydrogen-bond acceptors (Lipinski definition) is 2. The van der Waals surface area contributed by atoms with Gasteiger partial charge in [0.25, 0.3) is 0 Å². The molecule has 0 saturated heterocycles. The van der Waals surface area contributed by atoms with Gasteiger partial charge in [-0.2, -0.15) is 0 Å². The van der Waals surface area contributed by atoms with Gasteiger partial charge in [-0.3, -0.25) is 0 Å². The second-order valence-electron chi connectivity index (χ2n) is 4.29. The maximum Gasteiger partial charge on any atom is 0.0358 e. The monoisotopic (exact) mass is 255 g/mol. The zero-order valence-electron chi connectivity index (χ0n) is 10.5. The fourth-order valence-corrected chi connectivity index (χ4v) is 2.53. The Morgan fingerprint density at radius 1 is 1.17 bits per heavy atom. The first-order valence-electron chi connectivity index (χ1n) is 6.18. The molecule has 0 radical (unpaired) electrons. The minimum absolute atomic E-state index is 0.263. The molecule has 0 amide bonds. The molecule has 2 N–H and O–H groups in total. The summed E-state index contributed by atoms with van der Waals surface area (Å²) in [6.45, 7) is 2.12. The van der Waals surface area contributed by atoms with E-state index in [1.54, 1.807) is 11.3 Å². The molecule has 1 heterocycles. The van der Waals surface area contributed by atoms with Crippen molar-refractivity contribution >= 4 is 11.3 Å². The normalized spacial score (nSPS) is 11.7. The standard InChI is InChI=1S/C16H17NS/c1-2-15(17)11-16-10-14(12-18-16)9-8-13-6-4-3-5-7-13/h3-7,10,12,15H,2,11,17H2,1H3. The van der Waals surface area contributed by atoms with Crippen molar-refractivity contribution in [2.24, 2.45) is 5.73 Å². The van der Waals surface area contributed by atoms with E-state index < -0.39 is 0 Å². The molecule has 0 aliphatic carbocycles. The van der Waals surface area contributed by atoms with Gasteiger partial charge < -0.3 is 5.73 Å². The Morgan fingerprint density at radius 2 is 1.89 bits per heavy atom. The fraction of sp³-hybridized carbons (Fsp3) is 0.250. The highest BCUT2D eigenvalue weighted by atomic mass is 32.1. The molecule has 18 heavy (non-hydrogen) atoms. The fourth-order valence-electron chi connectivity index (χ4n) is 1.62. The molecule has 0 saturated carbocycles. The number of nitrogens with two attached hydrogens (primary N) is 1. The van der Waals surface area contributed by atoms with Gasteiger partial charge in [0, 0.05) is 27.4 Å². The molecule has 1 atom stereocenters. The lowest BCUT2D eigenvalue weighted by molar-refractivity contribution is 0.652. The van der Waals surface area contributed by atoms with E-state index in [0.717, 1.165) is 24.0 Å². The first-order chi connectivity index (χ1) is 8.78. The molecule has 1 nitrogen and oxygen atoms in total. The summed E-state index contributed by atoms with van der Waals surface area (Å²) >= 11 is 1.75. The van der Waals surface area contributed by atoms with Crippen LogP contribution in [0.15, 0.2) is 41.8 Å². The lowest BCUT2D eigenvalue weighted by Gasteiger charge is -2.04. The Hall–Kier alpha value is -1.56. The van der Waals surface area contributed by atoms with Crippen LogP contribution in [0.1, 0.15) is 29.3 Å². The molecule has 1 unspecified atom stereocenters. The van der Waals surface area contributed by atoms with Gasteiger partial charge in [-0.25, -0.2) is 0 Å². The van der Waals surface area contributed by atoms with Crippen molar-refractivity contribution in [1.82, 2.24) is 0 Å². The Balaban J connectivity index is 2.05. The van der Waals surface area contributed by atoms with Crippen molar-refractivity contribution < 1.29 is 0 Å². The smallest absolute Gasteiger partial charge is 0.0358 e. The minimum atomic E-state index is 0.263. The number of thiophene rings is 1. The van der Waals surface area contributed by atoms with Crippen molar-refractivity contribution in [3.8, 4) is 11.8 Å². The summed E-state index contributed by atoms with van der Waals surface area (Å²) in [4.78, 5) is 1.32. The molecule has 92 valence electrons. The maximum atomic E-state index is 5.95. The van der Waals surface area contributed by atoms with E-state index in [1.165, 1.54) is 4.88 Å². The molecule has 0 aliphatic rings. The van der Waals surface area contributed by atoms with Crippen LogP contribution in [0, 0.1) is 11.8 Å². The topological polar surface area (TPSA) is 26.0 Å². The molecule has 0 bridgehead atoms. The van der Waals surface area contributed by atoms with Crippen molar-refractivity contribution in [2.45, 2.75) is 25.8 Å². The summed E-state index contributed by atoms with van der Waals surface area (Å²) in [6, 6.07) is 12.5. The van der Waals surface area contributed by atoms with Crippen LogP contribution in [0.5, 0.6) is 0 Å². The Morgan fingerprint density at radius 3 is 2.61 bits per heavy atom. The van der Waals surface area contributed by atoms with E-state index >= 15 is 0 Å². The maximum absolute atomic E-state index is 5.95. The highest BCUT2D eigenvalue weighted by molar-refractivity contribution is 7.10. The van der Waals surface area contributed by atoms with Crippen LogP contribution >= 0.6 is 11.3 Å². The van der Waals surface area contributed by atoms with Gasteiger partial charge in [0.05, 0.1) is 0 Å². The van der Waals surface area contributed by atoms with Crippen molar-refractivity contribution in [3.05, 3.63) is 57.8 Å². The largest absolute Gasteiger partial charge is 0.327 e. The van der Waals surface area contributed by atoms with E-state index in [1.807, 2.05) is 30.3 Å². The minimum Gasteiger partial charge on any atom is -0.327 e. The molecule has 0 aliphatic heterocycles. The Bertz CT molecular complexity index is 545. The molecule has 2 rings (SSSR count). The first kappa shape index (κ1) is 12.9. The van der Waals surface area contributed by atoms with Crippen LogP contribution in [-0.4, -0.2) is 6.04 Å². The Kier molecular flexibility index (Phi) is 4.58. The molecule has 0 fully saturated rings. The van der Waals surface area contributed by atoms with E-state index in [9.17, 15) is 0 Å². The van der Waals surface area contributed by atoms with Crippen LogP contribution in [0.2, 0.25) is 0 Å². The second kappa shape index (κ2) is 6.39.